The maximum absolute atomic E-state index is 12.3. The van der Waals surface area contributed by atoms with Crippen LogP contribution in [0, 0.1) is 13.8 Å². The fourth-order valence-electron chi connectivity index (χ4n) is 2.82. The number of hydrogen-bond acceptors (Lipinski definition) is 4. The first-order chi connectivity index (χ1) is 12.9. The molecule has 3 rings (SSSR count). The van der Waals surface area contributed by atoms with Crippen LogP contribution in [0.1, 0.15) is 27.0 Å². The standard InChI is InChI=1S/C21H24N2O4/c1-14-4-6-17(10-15(14)2)21(25)22-12-20(24)23(3)13-16-5-7-18-19(11-16)27-9-8-26-18/h4-7,10-11H,8-9,12-13H2,1-3H3,(H,22,25). The van der Waals surface area contributed by atoms with Crippen LogP contribution in [0.5, 0.6) is 11.5 Å². The molecule has 2 aromatic rings. The number of carbonyl (C=O) groups is 2. The third-order valence-corrected chi connectivity index (χ3v) is 4.62. The van der Waals surface area contributed by atoms with Gasteiger partial charge in [0, 0.05) is 19.2 Å². The van der Waals surface area contributed by atoms with Crippen LogP contribution in [0.15, 0.2) is 36.4 Å². The van der Waals surface area contributed by atoms with Crippen molar-refractivity contribution in [3.05, 3.63) is 58.7 Å². The number of nitrogens with one attached hydrogen (secondary N) is 1. The van der Waals surface area contributed by atoms with Gasteiger partial charge >= 0.3 is 0 Å². The van der Waals surface area contributed by atoms with Gasteiger partial charge in [-0.05, 0) is 54.8 Å². The SMILES string of the molecule is Cc1ccc(C(=O)NCC(=O)N(C)Cc2ccc3c(c2)OCCO3)cc1C. The van der Waals surface area contributed by atoms with Crippen LogP contribution in [0.4, 0.5) is 0 Å². The third-order valence-electron chi connectivity index (χ3n) is 4.62. The van der Waals surface area contributed by atoms with E-state index in [9.17, 15) is 9.59 Å². The van der Waals surface area contributed by atoms with Crippen LogP contribution in [-0.4, -0.2) is 43.5 Å². The molecule has 0 aromatic heterocycles. The Morgan fingerprint density at radius 3 is 2.48 bits per heavy atom. The Bertz CT molecular complexity index is 863. The highest BCUT2D eigenvalue weighted by Crippen LogP contribution is 2.31. The molecule has 0 atom stereocenters. The molecule has 2 amide bonds. The maximum atomic E-state index is 12.3. The molecule has 27 heavy (non-hydrogen) atoms. The first kappa shape index (κ1) is 18.8. The first-order valence-electron chi connectivity index (χ1n) is 8.92. The van der Waals surface area contributed by atoms with E-state index in [2.05, 4.69) is 5.32 Å². The average Bonchev–Trinajstić information content (AvgIpc) is 2.67. The lowest BCUT2D eigenvalue weighted by Gasteiger charge is -2.21. The molecule has 1 heterocycles. The van der Waals surface area contributed by atoms with Gasteiger partial charge in [-0.15, -0.1) is 0 Å². The summed E-state index contributed by atoms with van der Waals surface area (Å²) >= 11 is 0. The van der Waals surface area contributed by atoms with Crippen molar-refractivity contribution in [1.82, 2.24) is 10.2 Å². The fourth-order valence-corrected chi connectivity index (χ4v) is 2.82. The Morgan fingerprint density at radius 2 is 1.74 bits per heavy atom. The molecule has 142 valence electrons. The lowest BCUT2D eigenvalue weighted by molar-refractivity contribution is -0.129. The minimum Gasteiger partial charge on any atom is -0.486 e. The van der Waals surface area contributed by atoms with E-state index in [1.54, 1.807) is 18.0 Å². The van der Waals surface area contributed by atoms with E-state index < -0.39 is 0 Å². The highest BCUT2D eigenvalue weighted by atomic mass is 16.6. The average molecular weight is 368 g/mol. The molecule has 0 aliphatic carbocycles. The minimum absolute atomic E-state index is 0.0488. The van der Waals surface area contributed by atoms with Gasteiger partial charge in [0.1, 0.15) is 13.2 Å². The van der Waals surface area contributed by atoms with Crippen molar-refractivity contribution in [3.8, 4) is 11.5 Å². The number of carbonyl (C=O) groups excluding carboxylic acids is 2. The number of aryl methyl sites for hydroxylation is 2. The van der Waals surface area contributed by atoms with E-state index >= 15 is 0 Å². The second kappa shape index (κ2) is 8.12. The Kier molecular flexibility index (Phi) is 5.64. The molecular formula is C21H24N2O4. The van der Waals surface area contributed by atoms with Crippen molar-refractivity contribution in [3.63, 3.8) is 0 Å². The van der Waals surface area contributed by atoms with Gasteiger partial charge in [-0.1, -0.05) is 12.1 Å². The van der Waals surface area contributed by atoms with Crippen molar-refractivity contribution in [1.29, 1.82) is 0 Å². The molecule has 1 aliphatic rings. The van der Waals surface area contributed by atoms with Crippen molar-refractivity contribution in [2.45, 2.75) is 20.4 Å². The van der Waals surface area contributed by atoms with Crippen LogP contribution in [-0.2, 0) is 11.3 Å². The summed E-state index contributed by atoms with van der Waals surface area (Å²) in [4.78, 5) is 26.2. The molecule has 0 fully saturated rings. The number of hydrogen-bond donors (Lipinski definition) is 1. The van der Waals surface area contributed by atoms with Gasteiger partial charge in [0.15, 0.2) is 11.5 Å². The molecule has 6 heteroatoms. The first-order valence-corrected chi connectivity index (χ1v) is 8.92. The summed E-state index contributed by atoms with van der Waals surface area (Å²) in [5.74, 6) is 1.00. The summed E-state index contributed by atoms with van der Waals surface area (Å²) in [5.41, 5.74) is 3.67. The van der Waals surface area contributed by atoms with Crippen molar-refractivity contribution in [2.24, 2.45) is 0 Å². The molecule has 1 aliphatic heterocycles. The molecule has 0 spiro atoms. The second-order valence-corrected chi connectivity index (χ2v) is 6.71. The van der Waals surface area contributed by atoms with E-state index in [4.69, 9.17) is 9.47 Å². The lowest BCUT2D eigenvalue weighted by atomic mass is 10.1. The molecule has 0 unspecified atom stereocenters. The molecule has 0 bridgehead atoms. The topological polar surface area (TPSA) is 67.9 Å². The Morgan fingerprint density at radius 1 is 1.00 bits per heavy atom. The zero-order valence-electron chi connectivity index (χ0n) is 15.9. The zero-order chi connectivity index (χ0) is 19.4. The molecule has 0 saturated heterocycles. The monoisotopic (exact) mass is 368 g/mol. The van der Waals surface area contributed by atoms with Gasteiger partial charge in [-0.2, -0.15) is 0 Å². The number of amides is 2. The van der Waals surface area contributed by atoms with Gasteiger partial charge in [0.25, 0.3) is 5.91 Å². The van der Waals surface area contributed by atoms with Crippen molar-refractivity contribution < 1.29 is 19.1 Å². The van der Waals surface area contributed by atoms with Crippen LogP contribution >= 0.6 is 0 Å². The molecule has 6 nitrogen and oxygen atoms in total. The molecule has 2 aromatic carbocycles. The maximum Gasteiger partial charge on any atom is 0.251 e. The second-order valence-electron chi connectivity index (χ2n) is 6.71. The van der Waals surface area contributed by atoms with Crippen LogP contribution < -0.4 is 14.8 Å². The summed E-state index contributed by atoms with van der Waals surface area (Å²) in [6.07, 6.45) is 0. The predicted molar refractivity (Wildman–Crippen MR) is 102 cm³/mol. The molecular weight excluding hydrogens is 344 g/mol. The number of fused-ring (bicyclic) bond motifs is 1. The smallest absolute Gasteiger partial charge is 0.251 e. The molecule has 1 N–H and O–H groups in total. The van der Waals surface area contributed by atoms with Gasteiger partial charge in [-0.25, -0.2) is 0 Å². The van der Waals surface area contributed by atoms with Gasteiger partial charge in [0.2, 0.25) is 5.91 Å². The van der Waals surface area contributed by atoms with Crippen LogP contribution in [0.25, 0.3) is 0 Å². The summed E-state index contributed by atoms with van der Waals surface area (Å²) in [5, 5.41) is 2.69. The van der Waals surface area contributed by atoms with Crippen molar-refractivity contribution >= 4 is 11.8 Å². The summed E-state index contributed by atoms with van der Waals surface area (Å²) in [6, 6.07) is 11.1. The molecule has 0 radical (unpaired) electrons. The third kappa shape index (κ3) is 4.58. The molecule has 0 saturated carbocycles. The summed E-state index contributed by atoms with van der Waals surface area (Å²) in [6.45, 7) is 5.40. The summed E-state index contributed by atoms with van der Waals surface area (Å²) in [7, 11) is 1.71. The van der Waals surface area contributed by atoms with Crippen LogP contribution in [0.2, 0.25) is 0 Å². The van der Waals surface area contributed by atoms with E-state index in [1.165, 1.54) is 0 Å². The number of likely N-dealkylation sites (N-methyl/N-ethyl adjacent to an activating group) is 1. The Hall–Kier alpha value is -3.02. The van der Waals surface area contributed by atoms with E-state index in [-0.39, 0.29) is 18.4 Å². The van der Waals surface area contributed by atoms with E-state index in [0.717, 1.165) is 22.4 Å². The number of ether oxygens (including phenoxy) is 2. The number of nitrogens with zero attached hydrogens (tertiary/aromatic N) is 1. The lowest BCUT2D eigenvalue weighted by Crippen LogP contribution is -2.37. The highest BCUT2D eigenvalue weighted by molar-refractivity contribution is 5.96. The van der Waals surface area contributed by atoms with Crippen LogP contribution in [0.3, 0.4) is 0 Å². The van der Waals surface area contributed by atoms with Gasteiger partial charge in [0.05, 0.1) is 6.54 Å². The predicted octanol–water partition coefficient (Wildman–Crippen LogP) is 2.46. The zero-order valence-corrected chi connectivity index (χ0v) is 15.9. The summed E-state index contributed by atoms with van der Waals surface area (Å²) < 4.78 is 11.1. The number of benzene rings is 2. The largest absolute Gasteiger partial charge is 0.486 e. The quantitative estimate of drug-likeness (QED) is 0.880. The fraction of sp³-hybridized carbons (Fsp3) is 0.333. The minimum atomic E-state index is -0.251. The van der Waals surface area contributed by atoms with Crippen molar-refractivity contribution in [2.75, 3.05) is 26.8 Å². The van der Waals surface area contributed by atoms with E-state index in [0.29, 0.717) is 31.1 Å². The Labute approximate surface area is 159 Å². The van der Waals surface area contributed by atoms with E-state index in [1.807, 2.05) is 44.2 Å². The van der Waals surface area contributed by atoms with Gasteiger partial charge < -0.3 is 19.7 Å². The Balaban J connectivity index is 1.54. The highest BCUT2D eigenvalue weighted by Gasteiger charge is 2.15. The number of rotatable bonds is 5. The normalized spacial score (nSPS) is 12.4. The van der Waals surface area contributed by atoms with Gasteiger partial charge in [-0.3, -0.25) is 9.59 Å².